The molecule has 2 aromatic rings. The van der Waals surface area contributed by atoms with Crippen molar-refractivity contribution in [2.45, 2.75) is 19.5 Å². The van der Waals surface area contributed by atoms with E-state index in [0.29, 0.717) is 5.13 Å². The molecule has 0 radical (unpaired) electrons. The van der Waals surface area contributed by atoms with E-state index in [-0.39, 0.29) is 11.9 Å². The van der Waals surface area contributed by atoms with Crippen LogP contribution in [0.25, 0.3) is 0 Å². The molecule has 2 heterocycles. The van der Waals surface area contributed by atoms with E-state index < -0.39 is 0 Å². The first-order chi connectivity index (χ1) is 11.2. The molecule has 1 saturated heterocycles. The predicted octanol–water partition coefficient (Wildman–Crippen LogP) is 2.29. The van der Waals surface area contributed by atoms with Gasteiger partial charge in [-0.3, -0.25) is 14.6 Å². The fourth-order valence-electron chi connectivity index (χ4n) is 2.81. The second-order valence-electron chi connectivity index (χ2n) is 5.80. The summed E-state index contributed by atoms with van der Waals surface area (Å²) in [5.41, 5.74) is 1.34. The van der Waals surface area contributed by atoms with E-state index in [1.165, 1.54) is 16.9 Å². The number of benzene rings is 1. The lowest BCUT2D eigenvalue weighted by atomic mass is 10.1. The van der Waals surface area contributed by atoms with E-state index in [9.17, 15) is 4.79 Å². The first kappa shape index (κ1) is 16.1. The summed E-state index contributed by atoms with van der Waals surface area (Å²) in [6.07, 6.45) is 1.70. The Morgan fingerprint density at radius 3 is 2.65 bits per heavy atom. The van der Waals surface area contributed by atoms with Crippen molar-refractivity contribution in [3.63, 3.8) is 0 Å². The van der Waals surface area contributed by atoms with Crippen LogP contribution in [0.15, 0.2) is 41.9 Å². The van der Waals surface area contributed by atoms with E-state index in [0.717, 1.165) is 32.7 Å². The lowest BCUT2D eigenvalue weighted by Gasteiger charge is -2.37. The number of hydrogen-bond acceptors (Lipinski definition) is 5. The SMILES string of the molecule is C[C@H](C(=O)Nc1nccs1)N1CCN(Cc2ccccc2)CC1. The van der Waals surface area contributed by atoms with Crippen LogP contribution in [0, 0.1) is 0 Å². The molecule has 1 fully saturated rings. The molecule has 5 nitrogen and oxygen atoms in total. The van der Waals surface area contributed by atoms with Gasteiger partial charge in [-0.2, -0.15) is 0 Å². The van der Waals surface area contributed by atoms with Crippen molar-refractivity contribution in [1.29, 1.82) is 0 Å². The van der Waals surface area contributed by atoms with Crippen LogP contribution in [-0.4, -0.2) is 52.9 Å². The zero-order valence-corrected chi connectivity index (χ0v) is 14.1. The molecule has 0 bridgehead atoms. The van der Waals surface area contributed by atoms with Gasteiger partial charge in [-0.1, -0.05) is 30.3 Å². The third-order valence-corrected chi connectivity index (χ3v) is 4.93. The molecule has 122 valence electrons. The van der Waals surface area contributed by atoms with E-state index >= 15 is 0 Å². The topological polar surface area (TPSA) is 48.5 Å². The van der Waals surface area contributed by atoms with Gasteiger partial charge in [0.2, 0.25) is 5.91 Å². The van der Waals surface area contributed by atoms with Crippen molar-refractivity contribution in [2.75, 3.05) is 31.5 Å². The smallest absolute Gasteiger partial charge is 0.243 e. The van der Waals surface area contributed by atoms with Crippen LogP contribution in [0.4, 0.5) is 5.13 Å². The number of nitrogens with one attached hydrogen (secondary N) is 1. The standard InChI is InChI=1S/C17H22N4OS/c1-14(16(22)19-17-18-7-12-23-17)21-10-8-20(9-11-21)13-15-5-3-2-4-6-15/h2-7,12,14H,8-11,13H2,1H3,(H,18,19,22)/t14-/m1/s1. The maximum Gasteiger partial charge on any atom is 0.243 e. The summed E-state index contributed by atoms with van der Waals surface area (Å²) in [4.78, 5) is 21.1. The molecule has 1 aliphatic heterocycles. The van der Waals surface area contributed by atoms with Gasteiger partial charge in [0.15, 0.2) is 5.13 Å². The second kappa shape index (κ2) is 7.68. The Bertz CT molecular complexity index is 609. The van der Waals surface area contributed by atoms with Gasteiger partial charge < -0.3 is 5.32 Å². The van der Waals surface area contributed by atoms with E-state index in [1.807, 2.05) is 18.4 Å². The molecule has 6 heteroatoms. The van der Waals surface area contributed by atoms with Crippen LogP contribution in [0.5, 0.6) is 0 Å². The molecule has 0 aliphatic carbocycles. The minimum absolute atomic E-state index is 0.0245. The van der Waals surface area contributed by atoms with Crippen molar-refractivity contribution in [3.8, 4) is 0 Å². The fraction of sp³-hybridized carbons (Fsp3) is 0.412. The monoisotopic (exact) mass is 330 g/mol. The van der Waals surface area contributed by atoms with E-state index in [2.05, 4.69) is 44.4 Å². The Hall–Kier alpha value is -1.76. The van der Waals surface area contributed by atoms with E-state index in [1.54, 1.807) is 6.20 Å². The maximum atomic E-state index is 12.3. The van der Waals surface area contributed by atoms with Crippen LogP contribution in [-0.2, 0) is 11.3 Å². The summed E-state index contributed by atoms with van der Waals surface area (Å²) >= 11 is 1.45. The molecule has 1 N–H and O–H groups in total. The van der Waals surface area contributed by atoms with Crippen LogP contribution < -0.4 is 5.32 Å². The Morgan fingerprint density at radius 1 is 1.26 bits per heavy atom. The Balaban J connectivity index is 1.47. The van der Waals surface area contributed by atoms with Crippen LogP contribution >= 0.6 is 11.3 Å². The third kappa shape index (κ3) is 4.37. The number of piperazine rings is 1. The van der Waals surface area contributed by atoms with Gasteiger partial charge in [-0.15, -0.1) is 11.3 Å². The van der Waals surface area contributed by atoms with Crippen LogP contribution in [0.3, 0.4) is 0 Å². The molecule has 1 atom stereocenters. The summed E-state index contributed by atoms with van der Waals surface area (Å²) in [5, 5.41) is 5.42. The van der Waals surface area contributed by atoms with Crippen LogP contribution in [0.1, 0.15) is 12.5 Å². The van der Waals surface area contributed by atoms with Gasteiger partial charge in [0.25, 0.3) is 0 Å². The molecule has 0 spiro atoms. The number of nitrogens with zero attached hydrogens (tertiary/aromatic N) is 3. The third-order valence-electron chi connectivity index (χ3n) is 4.25. The van der Waals surface area contributed by atoms with E-state index in [4.69, 9.17) is 0 Å². The minimum Gasteiger partial charge on any atom is -0.301 e. The minimum atomic E-state index is -0.127. The molecule has 0 saturated carbocycles. The molecule has 0 unspecified atom stereocenters. The number of amides is 1. The van der Waals surface area contributed by atoms with Crippen molar-refractivity contribution in [2.24, 2.45) is 0 Å². The Labute approximate surface area is 140 Å². The van der Waals surface area contributed by atoms with Crippen LogP contribution in [0.2, 0.25) is 0 Å². The molecule has 1 aromatic carbocycles. The summed E-state index contributed by atoms with van der Waals surface area (Å²) in [6, 6.07) is 10.4. The number of carbonyl (C=O) groups excluding carboxylic acids is 1. The zero-order valence-electron chi connectivity index (χ0n) is 13.3. The number of anilines is 1. The highest BCUT2D eigenvalue weighted by Gasteiger charge is 2.25. The summed E-state index contributed by atoms with van der Waals surface area (Å²) < 4.78 is 0. The van der Waals surface area contributed by atoms with Crippen molar-refractivity contribution in [1.82, 2.24) is 14.8 Å². The average molecular weight is 330 g/mol. The Kier molecular flexibility index (Phi) is 5.38. The number of rotatable bonds is 5. The first-order valence-electron chi connectivity index (χ1n) is 7.93. The lowest BCUT2D eigenvalue weighted by Crippen LogP contribution is -2.52. The highest BCUT2D eigenvalue weighted by Crippen LogP contribution is 2.14. The predicted molar refractivity (Wildman–Crippen MR) is 93.5 cm³/mol. The fourth-order valence-corrected chi connectivity index (χ4v) is 3.34. The molecule has 3 rings (SSSR count). The number of aromatic nitrogens is 1. The molecule has 1 aliphatic rings. The highest BCUT2D eigenvalue weighted by atomic mass is 32.1. The normalized spacial score (nSPS) is 17.8. The van der Waals surface area contributed by atoms with Gasteiger partial charge in [-0.05, 0) is 12.5 Å². The summed E-state index contributed by atoms with van der Waals surface area (Å²) in [7, 11) is 0. The van der Waals surface area contributed by atoms with Gasteiger partial charge in [0.1, 0.15) is 0 Å². The largest absolute Gasteiger partial charge is 0.301 e. The van der Waals surface area contributed by atoms with Crippen molar-refractivity contribution >= 4 is 22.4 Å². The van der Waals surface area contributed by atoms with Crippen molar-refractivity contribution < 1.29 is 4.79 Å². The second-order valence-corrected chi connectivity index (χ2v) is 6.69. The first-order valence-corrected chi connectivity index (χ1v) is 8.81. The number of hydrogen-bond donors (Lipinski definition) is 1. The molecular weight excluding hydrogens is 308 g/mol. The highest BCUT2D eigenvalue weighted by molar-refractivity contribution is 7.13. The average Bonchev–Trinajstić information content (AvgIpc) is 3.09. The van der Waals surface area contributed by atoms with Crippen molar-refractivity contribution in [3.05, 3.63) is 47.5 Å². The number of thiazole rings is 1. The summed E-state index contributed by atoms with van der Waals surface area (Å²) in [5.74, 6) is 0.0245. The van der Waals surface area contributed by atoms with Gasteiger partial charge >= 0.3 is 0 Å². The molecule has 23 heavy (non-hydrogen) atoms. The molecule has 1 amide bonds. The zero-order chi connectivity index (χ0) is 16.1. The van der Waals surface area contributed by atoms with Gasteiger partial charge in [0.05, 0.1) is 6.04 Å². The Morgan fingerprint density at radius 2 is 2.00 bits per heavy atom. The molecular formula is C17H22N4OS. The summed E-state index contributed by atoms with van der Waals surface area (Å²) in [6.45, 7) is 6.76. The van der Waals surface area contributed by atoms with Gasteiger partial charge in [-0.25, -0.2) is 4.98 Å². The van der Waals surface area contributed by atoms with Gasteiger partial charge in [0, 0.05) is 44.3 Å². The lowest BCUT2D eigenvalue weighted by molar-refractivity contribution is -0.121. The number of carbonyl (C=O) groups is 1. The maximum absolute atomic E-state index is 12.3. The molecule has 1 aromatic heterocycles. The quantitative estimate of drug-likeness (QED) is 0.914.